The predicted octanol–water partition coefficient (Wildman–Crippen LogP) is 7.93. The molecule has 27 heavy (non-hydrogen) atoms. The molecule has 2 aliphatic carbocycles. The average molecular weight is 566 g/mol. The molecule has 0 amide bonds. The van der Waals surface area contributed by atoms with E-state index in [0.717, 1.165) is 7.35 Å². The van der Waals surface area contributed by atoms with Crippen molar-refractivity contribution < 1.29 is 20.0 Å². The monoisotopic (exact) mass is 566 g/mol. The van der Waals surface area contributed by atoms with Gasteiger partial charge in [0.25, 0.3) is 0 Å². The third kappa shape index (κ3) is 3.15. The van der Waals surface area contributed by atoms with Crippen LogP contribution >= 0.6 is 24.8 Å². The van der Waals surface area contributed by atoms with Gasteiger partial charge in [0.15, 0.2) is 0 Å². The minimum absolute atomic E-state index is 0. The minimum Gasteiger partial charge on any atom is -0.147 e. The van der Waals surface area contributed by atoms with E-state index in [1.165, 1.54) is 24.0 Å². The maximum absolute atomic E-state index is 2.54. The smallest absolute Gasteiger partial charge is 0.147 e. The molecule has 142 valence electrons. The van der Waals surface area contributed by atoms with Crippen molar-refractivity contribution in [1.82, 2.24) is 0 Å². The standard InChI is InChI=1S/2C11H11.C2H4.2ClH.Hf/c2*1-2-9-7-10-5-3-4-6-11(10)8-9;1-2;;;/h2*3-8H,2H2,1H3;1-2H2;2*1H;. The van der Waals surface area contributed by atoms with Crippen LogP contribution in [0.3, 0.4) is 0 Å². The summed E-state index contributed by atoms with van der Waals surface area (Å²) >= 11 is -2.47. The van der Waals surface area contributed by atoms with Crippen molar-refractivity contribution >= 4 is 37.0 Å². The van der Waals surface area contributed by atoms with Gasteiger partial charge in [-0.05, 0) is 0 Å². The number of fused-ring (bicyclic) bond motifs is 2. The van der Waals surface area contributed by atoms with Crippen LogP contribution in [0.4, 0.5) is 0 Å². The van der Waals surface area contributed by atoms with Crippen LogP contribution in [0.25, 0.3) is 12.2 Å². The first-order chi connectivity index (χ1) is 12.3. The Morgan fingerprint density at radius 1 is 0.704 bits per heavy atom. The van der Waals surface area contributed by atoms with Crippen LogP contribution in [-0.2, 0) is 20.0 Å². The second-order valence-corrected chi connectivity index (χ2v) is 24.6. The van der Waals surface area contributed by atoms with Crippen molar-refractivity contribution in [2.75, 3.05) is 0 Å². The average Bonchev–Trinajstić information content (AvgIpc) is 3.20. The number of halogens is 2. The first-order valence-corrected chi connectivity index (χ1v) is 19.1. The summed E-state index contributed by atoms with van der Waals surface area (Å²) in [4.78, 5) is 0. The minimum atomic E-state index is -2.47. The molecule has 0 saturated carbocycles. The summed E-state index contributed by atoms with van der Waals surface area (Å²) in [6.45, 7) is 4.74. The molecule has 2 aromatic carbocycles. The molecule has 0 nitrogen and oxygen atoms in total. The van der Waals surface area contributed by atoms with Crippen molar-refractivity contribution in [1.29, 1.82) is 0 Å². The molecule has 1 aliphatic heterocycles. The van der Waals surface area contributed by atoms with Crippen LogP contribution in [0.5, 0.6) is 0 Å². The molecule has 2 unspecified atom stereocenters. The Morgan fingerprint density at radius 3 is 1.48 bits per heavy atom. The fraction of sp³-hybridized carbons (Fsp3) is 0.333. The van der Waals surface area contributed by atoms with E-state index >= 15 is 0 Å². The molecular formula is C24H28Cl2Hf. The Labute approximate surface area is 180 Å². The summed E-state index contributed by atoms with van der Waals surface area (Å²) < 4.78 is 4.83. The Hall–Kier alpha value is -0.630. The maximum atomic E-state index is 2.54. The molecule has 5 rings (SSSR count). The van der Waals surface area contributed by atoms with Crippen molar-refractivity contribution in [3.63, 3.8) is 0 Å². The normalized spacial score (nSPS) is 23.3. The molecule has 0 radical (unpaired) electrons. The van der Waals surface area contributed by atoms with Gasteiger partial charge in [-0.25, -0.2) is 0 Å². The van der Waals surface area contributed by atoms with Crippen LogP contribution in [0.15, 0.2) is 59.7 Å². The van der Waals surface area contributed by atoms with E-state index < -0.39 is 20.0 Å². The zero-order valence-electron chi connectivity index (χ0n) is 16.1. The fourth-order valence-electron chi connectivity index (χ4n) is 5.63. The first kappa shape index (κ1) is 21.1. The van der Waals surface area contributed by atoms with E-state index in [1.54, 1.807) is 30.6 Å². The third-order valence-electron chi connectivity index (χ3n) is 6.83. The molecule has 0 spiro atoms. The van der Waals surface area contributed by atoms with E-state index in [9.17, 15) is 0 Å². The largest absolute Gasteiger partial charge is 0.147 e. The van der Waals surface area contributed by atoms with E-state index in [2.05, 4.69) is 74.5 Å². The predicted molar refractivity (Wildman–Crippen MR) is 119 cm³/mol. The van der Waals surface area contributed by atoms with E-state index in [1.807, 2.05) is 0 Å². The van der Waals surface area contributed by atoms with Crippen molar-refractivity contribution in [3.05, 3.63) is 81.9 Å². The second-order valence-electron chi connectivity index (χ2n) is 8.00. The molecule has 1 saturated heterocycles. The summed E-state index contributed by atoms with van der Waals surface area (Å²) in [5.74, 6) is 0. The number of rotatable bonds is 4. The van der Waals surface area contributed by atoms with Gasteiger partial charge in [-0.15, -0.1) is 24.8 Å². The van der Waals surface area contributed by atoms with Gasteiger partial charge >= 0.3 is 156 Å². The van der Waals surface area contributed by atoms with Crippen LogP contribution in [0.1, 0.15) is 56.3 Å². The van der Waals surface area contributed by atoms with Crippen molar-refractivity contribution in [3.8, 4) is 0 Å². The summed E-state index contributed by atoms with van der Waals surface area (Å²) in [6.07, 6.45) is 7.52. The fourth-order valence-corrected chi connectivity index (χ4v) is 34.2. The van der Waals surface area contributed by atoms with E-state index in [-0.39, 0.29) is 24.8 Å². The zero-order valence-corrected chi connectivity index (χ0v) is 21.3. The molecule has 3 heteroatoms. The maximum Gasteiger partial charge on any atom is -0.147 e. The molecule has 2 atom stereocenters. The van der Waals surface area contributed by atoms with Gasteiger partial charge in [0.2, 0.25) is 0 Å². The number of hydrogen-bond donors (Lipinski definition) is 0. The molecule has 0 bridgehead atoms. The SMILES string of the molecule is CCC1=Cc2ccccc2[CH]1[Hf]1([CH]2C(CC)=Cc3ccccc32)[CH2][CH2]1.Cl.Cl. The number of hydrogen-bond acceptors (Lipinski definition) is 0. The van der Waals surface area contributed by atoms with Gasteiger partial charge in [0.1, 0.15) is 0 Å². The summed E-state index contributed by atoms with van der Waals surface area (Å²) in [5, 5.41) is 0. The first-order valence-electron chi connectivity index (χ1n) is 9.87. The Bertz CT molecular complexity index is 837. The molecular weight excluding hydrogens is 538 g/mol. The van der Waals surface area contributed by atoms with Crippen molar-refractivity contribution in [2.24, 2.45) is 0 Å². The van der Waals surface area contributed by atoms with Gasteiger partial charge in [0, 0.05) is 0 Å². The topological polar surface area (TPSA) is 0 Å². The Morgan fingerprint density at radius 2 is 1.11 bits per heavy atom. The van der Waals surface area contributed by atoms with Gasteiger partial charge < -0.3 is 0 Å². The summed E-state index contributed by atoms with van der Waals surface area (Å²) in [7, 11) is 0. The number of benzene rings is 2. The van der Waals surface area contributed by atoms with Gasteiger partial charge in [-0.2, -0.15) is 0 Å². The van der Waals surface area contributed by atoms with Gasteiger partial charge in [-0.3, -0.25) is 0 Å². The zero-order chi connectivity index (χ0) is 17.0. The Balaban J connectivity index is 0.00000105. The Kier molecular flexibility index (Phi) is 6.26. The number of allylic oxidation sites excluding steroid dienone is 2. The van der Waals surface area contributed by atoms with E-state index in [0.29, 0.717) is 0 Å². The van der Waals surface area contributed by atoms with Crippen LogP contribution < -0.4 is 0 Å². The van der Waals surface area contributed by atoms with Gasteiger partial charge in [0.05, 0.1) is 0 Å². The van der Waals surface area contributed by atoms with Crippen LogP contribution in [-0.4, -0.2) is 0 Å². The molecule has 0 aromatic heterocycles. The quantitative estimate of drug-likeness (QED) is 0.330. The molecule has 0 N–H and O–H groups in total. The van der Waals surface area contributed by atoms with Gasteiger partial charge in [-0.1, -0.05) is 0 Å². The summed E-state index contributed by atoms with van der Waals surface area (Å²) in [6, 6.07) is 18.5. The summed E-state index contributed by atoms with van der Waals surface area (Å²) in [5.41, 5.74) is 9.89. The van der Waals surface area contributed by atoms with Crippen LogP contribution in [0, 0.1) is 0 Å². The molecule has 1 fully saturated rings. The van der Waals surface area contributed by atoms with E-state index in [4.69, 9.17) is 0 Å². The second kappa shape index (κ2) is 8.01. The van der Waals surface area contributed by atoms with Crippen LogP contribution in [0.2, 0.25) is 8.35 Å². The molecule has 2 aromatic rings. The van der Waals surface area contributed by atoms with Crippen molar-refractivity contribution in [2.45, 2.75) is 42.4 Å². The molecule has 1 heterocycles. The molecule has 3 aliphatic rings. The third-order valence-corrected chi connectivity index (χ3v) is 25.9.